The molecule has 0 amide bonds. The van der Waals surface area contributed by atoms with Crippen LogP contribution in [0.1, 0.15) is 46.0 Å². The third kappa shape index (κ3) is 2.65. The molecular weight excluding hydrogens is 526 g/mol. The van der Waals surface area contributed by atoms with Crippen molar-refractivity contribution in [3.63, 3.8) is 0 Å². The summed E-state index contributed by atoms with van der Waals surface area (Å²) in [4.78, 5) is 12.8. The van der Waals surface area contributed by atoms with Gasteiger partial charge in [0.05, 0.1) is 0 Å². The molecule has 1 aliphatic heterocycles. The molecule has 132 valence electrons. The summed E-state index contributed by atoms with van der Waals surface area (Å²) in [6.45, 7) is 11.0. The second-order valence-corrected chi connectivity index (χ2v) is 8.85. The van der Waals surface area contributed by atoms with E-state index in [1.807, 2.05) is 6.92 Å². The Balaban J connectivity index is 0.00000169. The van der Waals surface area contributed by atoms with Crippen LogP contribution in [-0.4, -0.2) is 23.6 Å². The molecule has 3 N–H and O–H groups in total. The number of fused-ring (bicyclic) bond motifs is 3. The van der Waals surface area contributed by atoms with Crippen LogP contribution in [0.3, 0.4) is 0 Å². The van der Waals surface area contributed by atoms with Gasteiger partial charge in [0.25, 0.3) is 5.97 Å². The van der Waals surface area contributed by atoms with E-state index in [9.17, 15) is 4.79 Å². The van der Waals surface area contributed by atoms with Crippen molar-refractivity contribution < 1.29 is 40.6 Å². The van der Waals surface area contributed by atoms with Crippen LogP contribution in [0.4, 0.5) is 0 Å². The minimum atomic E-state index is -1.00. The van der Waals surface area contributed by atoms with Gasteiger partial charge in [-0.15, -0.1) is 0 Å². The van der Waals surface area contributed by atoms with Gasteiger partial charge in [-0.1, -0.05) is 31.1 Å². The molecule has 3 saturated carbocycles. The van der Waals surface area contributed by atoms with E-state index >= 15 is 0 Å². The maximum absolute atomic E-state index is 12.8. The number of nitrogens with two attached hydrogens (primary N) is 1. The molecule has 0 spiro atoms. The van der Waals surface area contributed by atoms with Gasteiger partial charge in [0.2, 0.25) is 0 Å². The molecule has 8 atom stereocenters. The van der Waals surface area contributed by atoms with Crippen molar-refractivity contribution in [1.82, 2.24) is 5.32 Å². The molecule has 5 heteroatoms. The van der Waals surface area contributed by atoms with Crippen LogP contribution in [-0.2, 0) is 9.53 Å². The third-order valence-electron chi connectivity index (χ3n) is 7.88. The van der Waals surface area contributed by atoms with Crippen molar-refractivity contribution >= 4 is 5.97 Å². The standard InChI is InChI=1S/C19H30N2O2.U/c1-11-12-4-5-13(8-12)15(11)10-23-17(22)18(2,20)19(3)16-7-6-14(16)9-21-19;/h10-16,21H,1,4-9,20H2,2-3H3;/q-2;+2. The number of rotatable bonds is 4. The number of carbonyl (C=O) groups excluding carboxylic acids is 1. The van der Waals surface area contributed by atoms with Gasteiger partial charge in [-0.05, 0) is 45.1 Å². The first kappa shape index (κ1) is 19.2. The van der Waals surface area contributed by atoms with Crippen LogP contribution >= 0.6 is 0 Å². The number of carbonyl (C=O) groups is 1. The number of hydrogen-bond donors (Lipinski definition) is 2. The van der Waals surface area contributed by atoms with E-state index in [0.717, 1.165) is 13.0 Å². The fourth-order valence-corrected chi connectivity index (χ4v) is 5.76. The van der Waals surface area contributed by atoms with Crippen molar-refractivity contribution in [3.05, 3.63) is 13.5 Å². The normalized spacial score (nSPS) is 48.2. The summed E-state index contributed by atoms with van der Waals surface area (Å²) < 4.78 is 5.63. The fourth-order valence-electron chi connectivity index (χ4n) is 5.76. The Morgan fingerprint density at radius 1 is 1.29 bits per heavy atom. The summed E-state index contributed by atoms with van der Waals surface area (Å²) in [6.07, 6.45) is 6.19. The monoisotopic (exact) mass is 556 g/mol. The molecule has 1 heterocycles. The molecule has 1 saturated heterocycles. The summed E-state index contributed by atoms with van der Waals surface area (Å²) in [5.41, 5.74) is 5.14. The zero-order valence-corrected chi connectivity index (χ0v) is 19.0. The van der Waals surface area contributed by atoms with Crippen LogP contribution in [0.5, 0.6) is 0 Å². The third-order valence-corrected chi connectivity index (χ3v) is 7.88. The van der Waals surface area contributed by atoms with Gasteiger partial charge in [-0.3, -0.25) is 4.79 Å². The predicted octanol–water partition coefficient (Wildman–Crippen LogP) is 2.29. The Hall–Kier alpha value is 0.442. The van der Waals surface area contributed by atoms with Gasteiger partial charge in [-0.2, -0.15) is 18.4 Å². The van der Waals surface area contributed by atoms with E-state index in [1.165, 1.54) is 25.7 Å². The van der Waals surface area contributed by atoms with E-state index in [2.05, 4.69) is 19.2 Å². The van der Waals surface area contributed by atoms with E-state index in [1.54, 1.807) is 6.61 Å². The van der Waals surface area contributed by atoms with Crippen LogP contribution in [0.25, 0.3) is 0 Å². The summed E-state index contributed by atoms with van der Waals surface area (Å²) in [5, 5.41) is 3.53. The Morgan fingerprint density at radius 2 is 1.96 bits per heavy atom. The largest absolute Gasteiger partial charge is 2.00 e. The molecular formula is C19H30N2O2U. The van der Waals surface area contributed by atoms with E-state index < -0.39 is 5.54 Å². The van der Waals surface area contributed by atoms with Crippen molar-refractivity contribution in [2.45, 2.75) is 57.0 Å². The zero-order chi connectivity index (χ0) is 16.4. The molecule has 8 unspecified atom stereocenters. The number of nitrogens with one attached hydrogen (secondary N) is 1. The van der Waals surface area contributed by atoms with E-state index in [-0.39, 0.29) is 42.6 Å². The smallest absolute Gasteiger partial charge is 0.635 e. The SMILES string of the molecule is [CH2-]C1C2CCC(C2)C1[CH-]OC(=O)C(C)(N)C1(C)NCC2CCC21.[U+2]. The van der Waals surface area contributed by atoms with Crippen molar-refractivity contribution in [2.24, 2.45) is 41.2 Å². The second kappa shape index (κ2) is 6.55. The van der Waals surface area contributed by atoms with Crippen molar-refractivity contribution in [3.8, 4) is 0 Å². The van der Waals surface area contributed by atoms with Gasteiger partial charge in [0.15, 0.2) is 0 Å². The van der Waals surface area contributed by atoms with Crippen molar-refractivity contribution in [2.75, 3.05) is 6.54 Å². The van der Waals surface area contributed by atoms with Crippen molar-refractivity contribution in [1.29, 1.82) is 0 Å². The number of esters is 1. The first-order valence-corrected chi connectivity index (χ1v) is 9.26. The van der Waals surface area contributed by atoms with Crippen LogP contribution in [0.2, 0.25) is 0 Å². The Kier molecular flexibility index (Phi) is 5.25. The van der Waals surface area contributed by atoms with Crippen LogP contribution in [0, 0.1) is 80.2 Å². The Morgan fingerprint density at radius 3 is 2.50 bits per heavy atom. The average molecular weight is 556 g/mol. The second-order valence-electron chi connectivity index (χ2n) is 8.85. The maximum atomic E-state index is 12.8. The van der Waals surface area contributed by atoms with Crippen LogP contribution in [0.15, 0.2) is 0 Å². The molecule has 0 aromatic rings. The fraction of sp³-hybridized carbons (Fsp3) is 0.842. The Bertz CT molecular complexity index is 510. The molecule has 4 rings (SSSR count). The van der Waals surface area contributed by atoms with Crippen LogP contribution < -0.4 is 11.1 Å². The quantitative estimate of drug-likeness (QED) is 0.412. The Labute approximate surface area is 169 Å². The number of ether oxygens (including phenoxy) is 1. The molecule has 2 bridgehead atoms. The minimum Gasteiger partial charge on any atom is -0.635 e. The molecule has 0 aromatic carbocycles. The predicted molar refractivity (Wildman–Crippen MR) is 88.8 cm³/mol. The molecule has 0 radical (unpaired) electrons. The first-order valence-electron chi connectivity index (χ1n) is 9.26. The number of hydrogen-bond acceptors (Lipinski definition) is 4. The zero-order valence-electron chi connectivity index (χ0n) is 14.9. The van der Waals surface area contributed by atoms with Gasteiger partial charge in [0.1, 0.15) is 5.54 Å². The van der Waals surface area contributed by atoms with Gasteiger partial charge < -0.3 is 22.7 Å². The van der Waals surface area contributed by atoms with Gasteiger partial charge in [0, 0.05) is 5.54 Å². The van der Waals surface area contributed by atoms with E-state index in [0.29, 0.717) is 35.5 Å². The first-order chi connectivity index (χ1) is 10.8. The van der Waals surface area contributed by atoms with Gasteiger partial charge >= 0.3 is 31.1 Å². The van der Waals surface area contributed by atoms with E-state index in [4.69, 9.17) is 10.5 Å². The summed E-state index contributed by atoms with van der Waals surface area (Å²) in [7, 11) is 0. The molecule has 4 aliphatic rings. The summed E-state index contributed by atoms with van der Waals surface area (Å²) in [5.74, 6) is 2.94. The molecule has 0 aromatic heterocycles. The molecule has 4 nitrogen and oxygen atoms in total. The van der Waals surface area contributed by atoms with Gasteiger partial charge in [-0.25, -0.2) is 0 Å². The molecule has 24 heavy (non-hydrogen) atoms. The summed E-state index contributed by atoms with van der Waals surface area (Å²) >= 11 is 0. The topological polar surface area (TPSA) is 64.3 Å². The molecule has 3 aliphatic carbocycles. The molecule has 4 fully saturated rings. The maximum Gasteiger partial charge on any atom is 2.00 e. The minimum absolute atomic E-state index is 0. The summed E-state index contributed by atoms with van der Waals surface area (Å²) in [6, 6.07) is 0. The average Bonchev–Trinajstić information content (AvgIpc) is 3.10.